The maximum atomic E-state index is 11.2. The van der Waals surface area contributed by atoms with E-state index in [1.165, 1.54) is 13.8 Å². The first-order valence-electron chi connectivity index (χ1n) is 4.35. The molecule has 0 aromatic heterocycles. The first kappa shape index (κ1) is 16.3. The minimum atomic E-state index is -2.27. The Morgan fingerprint density at radius 1 is 1.12 bits per heavy atom. The van der Waals surface area contributed by atoms with Crippen molar-refractivity contribution < 1.29 is 26.0 Å². The molecule has 0 aliphatic heterocycles. The van der Waals surface area contributed by atoms with Crippen molar-refractivity contribution >= 4 is 33.2 Å². The summed E-state index contributed by atoms with van der Waals surface area (Å²) in [5.74, 6) is 0.173. The second-order valence-electron chi connectivity index (χ2n) is 2.78. The molecule has 5 unspecified atom stereocenters. The van der Waals surface area contributed by atoms with Gasteiger partial charge in [0.15, 0.2) is 33.2 Å². The molecule has 0 saturated carbocycles. The van der Waals surface area contributed by atoms with E-state index in [-0.39, 0.29) is 5.75 Å². The van der Waals surface area contributed by atoms with E-state index in [1.807, 2.05) is 0 Å². The van der Waals surface area contributed by atoms with Crippen molar-refractivity contribution in [2.75, 3.05) is 5.75 Å². The highest BCUT2D eigenvalue weighted by atomic mass is 32.2. The van der Waals surface area contributed by atoms with Crippen LogP contribution in [0.5, 0.6) is 0 Å². The summed E-state index contributed by atoms with van der Waals surface area (Å²) in [5.41, 5.74) is 0. The molecule has 0 aliphatic carbocycles. The normalized spacial score (nSPS) is 21.4. The Balaban J connectivity index is 4.82. The van der Waals surface area contributed by atoms with E-state index < -0.39 is 44.0 Å². The van der Waals surface area contributed by atoms with Crippen LogP contribution >= 0.6 is 0 Å². The van der Waals surface area contributed by atoms with Crippen LogP contribution in [0, 0.1) is 0 Å². The Bertz CT molecular complexity index is 278. The van der Waals surface area contributed by atoms with E-state index in [0.29, 0.717) is 0 Å². The maximum absolute atomic E-state index is 11.2. The van der Waals surface area contributed by atoms with Crippen molar-refractivity contribution in [3.63, 3.8) is 0 Å². The van der Waals surface area contributed by atoms with Gasteiger partial charge in [0.1, 0.15) is 10.7 Å². The molecule has 10 heteroatoms. The van der Waals surface area contributed by atoms with Gasteiger partial charge in [-0.2, -0.15) is 4.28 Å². The van der Waals surface area contributed by atoms with Gasteiger partial charge in [0.2, 0.25) is 0 Å². The highest BCUT2D eigenvalue weighted by molar-refractivity contribution is 7.81. The summed E-state index contributed by atoms with van der Waals surface area (Å²) in [6.07, 6.45) is 0. The molecule has 98 valence electrons. The summed E-state index contributed by atoms with van der Waals surface area (Å²) in [7, 11) is 0. The Kier molecular flexibility index (Phi) is 7.72. The SMILES string of the molecule is CCS(=O)ON(C(C)S(=O)O)C(C)S(=O)O. The molecule has 2 N–H and O–H groups in total. The third kappa shape index (κ3) is 5.08. The van der Waals surface area contributed by atoms with Gasteiger partial charge >= 0.3 is 0 Å². The minimum absolute atomic E-state index is 0.173. The van der Waals surface area contributed by atoms with Gasteiger partial charge in [0.25, 0.3) is 0 Å². The summed E-state index contributed by atoms with van der Waals surface area (Å²) < 4.78 is 55.5. The molecule has 0 radical (unpaired) electrons. The van der Waals surface area contributed by atoms with Crippen LogP contribution in [0.1, 0.15) is 20.8 Å². The molecule has 0 aliphatic rings. The average Bonchev–Trinajstić information content (AvgIpc) is 2.23. The molecule has 7 nitrogen and oxygen atoms in total. The van der Waals surface area contributed by atoms with Crippen LogP contribution in [-0.2, 0) is 37.5 Å². The Labute approximate surface area is 102 Å². The zero-order valence-electron chi connectivity index (χ0n) is 9.06. The maximum Gasteiger partial charge on any atom is 0.173 e. The fourth-order valence-corrected chi connectivity index (χ4v) is 2.29. The lowest BCUT2D eigenvalue weighted by Gasteiger charge is -2.27. The highest BCUT2D eigenvalue weighted by Crippen LogP contribution is 2.12. The van der Waals surface area contributed by atoms with E-state index >= 15 is 0 Å². The molecule has 16 heavy (non-hydrogen) atoms. The van der Waals surface area contributed by atoms with E-state index in [1.54, 1.807) is 6.92 Å². The highest BCUT2D eigenvalue weighted by Gasteiger charge is 2.30. The van der Waals surface area contributed by atoms with Crippen molar-refractivity contribution in [1.82, 2.24) is 5.06 Å². The molecule has 0 bridgehead atoms. The van der Waals surface area contributed by atoms with Crippen molar-refractivity contribution in [2.24, 2.45) is 0 Å². The molecule has 0 aromatic carbocycles. The van der Waals surface area contributed by atoms with Gasteiger partial charge in [-0.3, -0.25) is 0 Å². The average molecular weight is 293 g/mol. The minimum Gasteiger partial charge on any atom is -0.305 e. The molecule has 0 spiro atoms. The second kappa shape index (κ2) is 7.58. The summed E-state index contributed by atoms with van der Waals surface area (Å²) in [5, 5.41) is -1.30. The predicted molar refractivity (Wildman–Crippen MR) is 62.1 cm³/mol. The molecule has 0 aromatic rings. The summed E-state index contributed by atoms with van der Waals surface area (Å²) in [6.45, 7) is 4.24. The van der Waals surface area contributed by atoms with Crippen LogP contribution in [0.25, 0.3) is 0 Å². The third-order valence-electron chi connectivity index (χ3n) is 1.71. The van der Waals surface area contributed by atoms with Crippen LogP contribution in [-0.4, -0.2) is 43.3 Å². The van der Waals surface area contributed by atoms with Crippen LogP contribution in [0.4, 0.5) is 0 Å². The summed E-state index contributed by atoms with van der Waals surface area (Å²) in [4.78, 5) is 0. The summed E-state index contributed by atoms with van der Waals surface area (Å²) >= 11 is -6.25. The smallest absolute Gasteiger partial charge is 0.173 e. The van der Waals surface area contributed by atoms with Gasteiger partial charge in [0, 0.05) is 5.75 Å². The van der Waals surface area contributed by atoms with Gasteiger partial charge < -0.3 is 9.11 Å². The van der Waals surface area contributed by atoms with Crippen molar-refractivity contribution in [3.05, 3.63) is 0 Å². The number of hydrogen-bond acceptors (Lipinski definition) is 5. The van der Waals surface area contributed by atoms with Crippen LogP contribution < -0.4 is 0 Å². The van der Waals surface area contributed by atoms with Gasteiger partial charge in [-0.15, -0.1) is 5.06 Å². The molecule has 0 heterocycles. The van der Waals surface area contributed by atoms with Gasteiger partial charge in [0.05, 0.1) is 0 Å². The van der Waals surface area contributed by atoms with Gasteiger partial charge in [-0.1, -0.05) is 6.92 Å². The molecular weight excluding hydrogens is 278 g/mol. The van der Waals surface area contributed by atoms with Crippen LogP contribution in [0.15, 0.2) is 0 Å². The number of rotatable bonds is 7. The Morgan fingerprint density at radius 3 is 1.75 bits per heavy atom. The molecule has 5 atom stereocenters. The third-order valence-corrected chi connectivity index (χ3v) is 4.10. The zero-order chi connectivity index (χ0) is 12.9. The molecule has 0 rings (SSSR count). The Morgan fingerprint density at radius 2 is 1.50 bits per heavy atom. The number of nitrogens with zero attached hydrogens (tertiary/aromatic N) is 1. The van der Waals surface area contributed by atoms with E-state index in [0.717, 1.165) is 5.06 Å². The second-order valence-corrected chi connectivity index (χ2v) is 6.58. The predicted octanol–water partition coefficient (Wildman–Crippen LogP) is 0.0390. The fraction of sp³-hybridized carbons (Fsp3) is 1.00. The lowest BCUT2D eigenvalue weighted by Crippen LogP contribution is -2.44. The van der Waals surface area contributed by atoms with Crippen LogP contribution in [0.3, 0.4) is 0 Å². The lowest BCUT2D eigenvalue weighted by molar-refractivity contribution is -0.0632. The molecule has 0 saturated heterocycles. The quantitative estimate of drug-likeness (QED) is 0.504. The zero-order valence-corrected chi connectivity index (χ0v) is 11.5. The van der Waals surface area contributed by atoms with Gasteiger partial charge in [-0.25, -0.2) is 12.6 Å². The largest absolute Gasteiger partial charge is 0.305 e. The first-order chi connectivity index (χ1) is 7.31. The number of hydrogen-bond donors (Lipinski definition) is 2. The molecule has 0 fully saturated rings. The molecule has 0 amide bonds. The lowest BCUT2D eigenvalue weighted by atomic mass is 10.6. The topological polar surface area (TPSA) is 104 Å². The Hall–Kier alpha value is 0.290. The van der Waals surface area contributed by atoms with E-state index in [9.17, 15) is 12.6 Å². The standard InChI is InChI=1S/C6H15NO6S3/c1-4-14(8)13-7(5(2)15(9)10)6(3)16(11)12/h5-6H,4H2,1-3H3,(H,9,10)(H,11,12). The van der Waals surface area contributed by atoms with Crippen molar-refractivity contribution in [2.45, 2.75) is 31.5 Å². The molecular formula is C6H15NO6S3. The van der Waals surface area contributed by atoms with Crippen molar-refractivity contribution in [1.29, 1.82) is 0 Å². The van der Waals surface area contributed by atoms with Crippen molar-refractivity contribution in [3.8, 4) is 0 Å². The fourth-order valence-electron chi connectivity index (χ4n) is 0.743. The first-order valence-corrected chi connectivity index (χ1v) is 7.94. The monoisotopic (exact) mass is 293 g/mol. The van der Waals surface area contributed by atoms with Gasteiger partial charge in [-0.05, 0) is 13.8 Å². The van der Waals surface area contributed by atoms with E-state index in [4.69, 9.17) is 13.4 Å². The number of hydroxylamine groups is 2. The summed E-state index contributed by atoms with van der Waals surface area (Å²) in [6, 6.07) is 0. The van der Waals surface area contributed by atoms with Crippen LogP contribution in [0.2, 0.25) is 0 Å². The van der Waals surface area contributed by atoms with E-state index in [2.05, 4.69) is 0 Å².